The van der Waals surface area contributed by atoms with E-state index in [2.05, 4.69) is 46.8 Å². The largest absolute Gasteiger partial charge is 0.492 e. The lowest BCUT2D eigenvalue weighted by Crippen LogP contribution is -2.44. The molecule has 0 bridgehead atoms. The molecule has 1 aromatic rings. The molecule has 0 spiro atoms. The van der Waals surface area contributed by atoms with Gasteiger partial charge in [0.25, 0.3) is 0 Å². The monoisotopic (exact) mass is 326 g/mol. The zero-order chi connectivity index (χ0) is 13.8. The molecule has 1 atom stereocenters. The van der Waals surface area contributed by atoms with Gasteiger partial charge in [0, 0.05) is 23.6 Å². The van der Waals surface area contributed by atoms with E-state index < -0.39 is 0 Å². The van der Waals surface area contributed by atoms with Crippen LogP contribution in [0.2, 0.25) is 0 Å². The molecule has 0 aromatic heterocycles. The van der Waals surface area contributed by atoms with Gasteiger partial charge in [0.1, 0.15) is 12.4 Å². The number of piperidine rings is 1. The van der Waals surface area contributed by atoms with Gasteiger partial charge in [-0.1, -0.05) is 15.9 Å². The van der Waals surface area contributed by atoms with Gasteiger partial charge in [-0.2, -0.15) is 0 Å². The Bertz CT molecular complexity index is 413. The summed E-state index contributed by atoms with van der Waals surface area (Å²) >= 11 is 3.57. The third kappa shape index (κ3) is 4.20. The molecule has 0 radical (unpaired) electrons. The number of benzene rings is 1. The summed E-state index contributed by atoms with van der Waals surface area (Å²) in [6.45, 7) is 8.02. The number of rotatable bonds is 4. The lowest BCUT2D eigenvalue weighted by atomic mass is 10.1. The Kier molecular flexibility index (Phi) is 5.25. The Labute approximate surface area is 124 Å². The van der Waals surface area contributed by atoms with E-state index in [0.717, 1.165) is 38.4 Å². The zero-order valence-electron chi connectivity index (χ0n) is 11.8. The maximum Gasteiger partial charge on any atom is 0.119 e. The molecule has 2 N–H and O–H groups in total. The average Bonchev–Trinajstić information content (AvgIpc) is 2.36. The van der Waals surface area contributed by atoms with Crippen molar-refractivity contribution in [1.29, 1.82) is 0 Å². The normalized spacial score (nSPS) is 20.5. The third-order valence-electron chi connectivity index (χ3n) is 3.63. The van der Waals surface area contributed by atoms with Crippen LogP contribution in [0.4, 0.5) is 0 Å². The van der Waals surface area contributed by atoms with Gasteiger partial charge in [-0.05, 0) is 56.5 Å². The van der Waals surface area contributed by atoms with Crippen molar-refractivity contribution in [2.75, 3.05) is 26.2 Å². The fraction of sp³-hybridized carbons (Fsp3) is 0.600. The molecule has 1 fully saturated rings. The summed E-state index contributed by atoms with van der Waals surface area (Å²) in [6.07, 6.45) is 2.36. The fourth-order valence-corrected chi connectivity index (χ4v) is 2.81. The van der Waals surface area contributed by atoms with E-state index in [-0.39, 0.29) is 0 Å². The molecule has 2 rings (SSSR count). The molecule has 1 aromatic carbocycles. The maximum absolute atomic E-state index is 5.98. The van der Waals surface area contributed by atoms with Gasteiger partial charge in [-0.15, -0.1) is 0 Å². The number of hydrogen-bond donors (Lipinski definition) is 1. The van der Waals surface area contributed by atoms with Crippen LogP contribution in [0.5, 0.6) is 5.75 Å². The fourth-order valence-electron chi connectivity index (χ4n) is 2.58. The molecule has 0 unspecified atom stereocenters. The minimum Gasteiger partial charge on any atom is -0.492 e. The first-order valence-corrected chi connectivity index (χ1v) is 7.73. The van der Waals surface area contributed by atoms with Crippen LogP contribution < -0.4 is 10.5 Å². The van der Waals surface area contributed by atoms with Gasteiger partial charge in [0.15, 0.2) is 0 Å². The lowest BCUT2D eigenvalue weighted by molar-refractivity contribution is 0.171. The van der Waals surface area contributed by atoms with Gasteiger partial charge in [0.05, 0.1) is 0 Å². The van der Waals surface area contributed by atoms with Crippen molar-refractivity contribution in [2.24, 2.45) is 5.73 Å². The summed E-state index contributed by atoms with van der Waals surface area (Å²) in [5, 5.41) is 0. The van der Waals surface area contributed by atoms with E-state index in [0.29, 0.717) is 6.04 Å². The molecule has 1 aliphatic heterocycles. The highest BCUT2D eigenvalue weighted by atomic mass is 79.9. The predicted octanol–water partition coefficient (Wildman–Crippen LogP) is 2.87. The van der Waals surface area contributed by atoms with Crippen LogP contribution in [0.15, 0.2) is 16.6 Å². The molecule has 3 nitrogen and oxygen atoms in total. The van der Waals surface area contributed by atoms with E-state index in [1.54, 1.807) is 0 Å². The Morgan fingerprint density at radius 2 is 2.05 bits per heavy atom. The number of halogens is 1. The summed E-state index contributed by atoms with van der Waals surface area (Å²) in [6, 6.07) is 4.50. The molecule has 1 heterocycles. The zero-order valence-corrected chi connectivity index (χ0v) is 13.4. The quantitative estimate of drug-likeness (QED) is 0.924. The van der Waals surface area contributed by atoms with Crippen LogP contribution in [0.1, 0.15) is 24.0 Å². The van der Waals surface area contributed by atoms with Crippen molar-refractivity contribution in [3.63, 3.8) is 0 Å². The van der Waals surface area contributed by atoms with E-state index >= 15 is 0 Å². The van der Waals surface area contributed by atoms with Crippen molar-refractivity contribution in [3.8, 4) is 5.75 Å². The van der Waals surface area contributed by atoms with Crippen LogP contribution in [0.25, 0.3) is 0 Å². The van der Waals surface area contributed by atoms with Crippen molar-refractivity contribution in [1.82, 2.24) is 4.90 Å². The molecule has 1 aliphatic rings. The van der Waals surface area contributed by atoms with E-state index in [1.807, 2.05) is 0 Å². The number of aryl methyl sites for hydroxylation is 2. The summed E-state index contributed by atoms with van der Waals surface area (Å²) < 4.78 is 7.03. The average molecular weight is 327 g/mol. The molecule has 1 saturated heterocycles. The van der Waals surface area contributed by atoms with Crippen LogP contribution >= 0.6 is 15.9 Å². The first-order chi connectivity index (χ1) is 9.06. The number of hydrogen-bond acceptors (Lipinski definition) is 3. The number of nitrogens with two attached hydrogens (primary N) is 1. The minimum absolute atomic E-state index is 0.339. The summed E-state index contributed by atoms with van der Waals surface area (Å²) in [7, 11) is 0. The summed E-state index contributed by atoms with van der Waals surface area (Å²) in [4.78, 5) is 2.40. The summed E-state index contributed by atoms with van der Waals surface area (Å²) in [5.41, 5.74) is 8.41. The van der Waals surface area contributed by atoms with Gasteiger partial charge < -0.3 is 10.5 Å². The van der Waals surface area contributed by atoms with E-state index in [4.69, 9.17) is 10.5 Å². The lowest BCUT2D eigenvalue weighted by Gasteiger charge is -2.30. The Morgan fingerprint density at radius 3 is 2.68 bits per heavy atom. The SMILES string of the molecule is Cc1cc(OCCN2CCC[C@H](N)C2)cc(C)c1Br. The second kappa shape index (κ2) is 6.73. The number of likely N-dealkylation sites (tertiary alicyclic amines) is 1. The topological polar surface area (TPSA) is 38.5 Å². The molecule has 0 saturated carbocycles. The number of ether oxygens (including phenoxy) is 1. The minimum atomic E-state index is 0.339. The first-order valence-electron chi connectivity index (χ1n) is 6.93. The van der Waals surface area contributed by atoms with Crippen molar-refractivity contribution in [2.45, 2.75) is 32.7 Å². The Hall–Kier alpha value is -0.580. The molecular formula is C15H23BrN2O. The van der Waals surface area contributed by atoms with Crippen molar-refractivity contribution >= 4 is 15.9 Å². The maximum atomic E-state index is 5.98. The Morgan fingerprint density at radius 1 is 1.37 bits per heavy atom. The first kappa shape index (κ1) is 14.8. The molecule has 106 valence electrons. The second-order valence-corrected chi connectivity index (χ2v) is 6.22. The predicted molar refractivity (Wildman–Crippen MR) is 82.8 cm³/mol. The van der Waals surface area contributed by atoms with Crippen LogP contribution in [0.3, 0.4) is 0 Å². The van der Waals surface area contributed by atoms with E-state index in [1.165, 1.54) is 22.0 Å². The van der Waals surface area contributed by atoms with Crippen LogP contribution in [-0.2, 0) is 0 Å². The van der Waals surface area contributed by atoms with Crippen LogP contribution in [-0.4, -0.2) is 37.2 Å². The molecule has 0 aliphatic carbocycles. The van der Waals surface area contributed by atoms with Gasteiger partial charge in [-0.25, -0.2) is 0 Å². The Balaban J connectivity index is 1.82. The second-order valence-electron chi connectivity index (χ2n) is 5.42. The third-order valence-corrected chi connectivity index (χ3v) is 4.88. The van der Waals surface area contributed by atoms with Crippen molar-refractivity contribution < 1.29 is 4.74 Å². The molecule has 0 amide bonds. The van der Waals surface area contributed by atoms with Gasteiger partial charge in [0.2, 0.25) is 0 Å². The van der Waals surface area contributed by atoms with Crippen LogP contribution in [0, 0.1) is 13.8 Å². The highest BCUT2D eigenvalue weighted by Gasteiger charge is 2.16. The standard InChI is InChI=1S/C15H23BrN2O/c1-11-8-14(9-12(2)15(11)16)19-7-6-18-5-3-4-13(17)10-18/h8-9,13H,3-7,10,17H2,1-2H3/t13-/m0/s1. The van der Waals surface area contributed by atoms with E-state index in [9.17, 15) is 0 Å². The highest BCUT2D eigenvalue weighted by molar-refractivity contribution is 9.10. The van der Waals surface area contributed by atoms with Gasteiger partial charge >= 0.3 is 0 Å². The number of nitrogens with zero attached hydrogens (tertiary/aromatic N) is 1. The van der Waals surface area contributed by atoms with Crippen molar-refractivity contribution in [3.05, 3.63) is 27.7 Å². The summed E-state index contributed by atoms with van der Waals surface area (Å²) in [5.74, 6) is 0.958. The van der Waals surface area contributed by atoms with Gasteiger partial charge in [-0.3, -0.25) is 4.90 Å². The molecule has 4 heteroatoms. The molecule has 19 heavy (non-hydrogen) atoms. The molecular weight excluding hydrogens is 304 g/mol. The highest BCUT2D eigenvalue weighted by Crippen LogP contribution is 2.26. The smallest absolute Gasteiger partial charge is 0.119 e.